The van der Waals surface area contributed by atoms with Crippen molar-refractivity contribution in [3.8, 4) is 0 Å². The zero-order valence-corrected chi connectivity index (χ0v) is 12.6. The average molecular weight is 300 g/mol. The summed E-state index contributed by atoms with van der Waals surface area (Å²) in [7, 11) is -3.81. The molecule has 2 rings (SSSR count). The second kappa shape index (κ2) is 5.42. The van der Waals surface area contributed by atoms with E-state index in [1.165, 1.54) is 18.2 Å². The highest BCUT2D eigenvalue weighted by atomic mass is 32.2. The lowest BCUT2D eigenvalue weighted by Crippen LogP contribution is -2.33. The summed E-state index contributed by atoms with van der Waals surface area (Å²) in [6.07, 6.45) is 2.03. The van der Waals surface area contributed by atoms with Crippen LogP contribution in [0.15, 0.2) is 23.1 Å². The minimum Gasteiger partial charge on any atom is -0.326 e. The molecule has 1 aliphatic carbocycles. The maximum atomic E-state index is 13.9. The molecular formula is C14H21FN2O2S. The molecule has 1 saturated carbocycles. The molecule has 0 amide bonds. The van der Waals surface area contributed by atoms with Gasteiger partial charge in [0.1, 0.15) is 10.7 Å². The van der Waals surface area contributed by atoms with Gasteiger partial charge in [-0.2, -0.15) is 0 Å². The van der Waals surface area contributed by atoms with Gasteiger partial charge in [-0.15, -0.1) is 0 Å². The normalized spacial score (nSPS) is 17.4. The van der Waals surface area contributed by atoms with Gasteiger partial charge in [-0.1, -0.05) is 19.9 Å². The molecule has 0 radical (unpaired) electrons. The lowest BCUT2D eigenvalue weighted by molar-refractivity contribution is 0.357. The van der Waals surface area contributed by atoms with E-state index in [1.807, 2.05) is 0 Å². The van der Waals surface area contributed by atoms with Crippen molar-refractivity contribution in [3.63, 3.8) is 0 Å². The standard InChI is InChI=1S/C14H21FN2O2S/c1-10(2)14(5-6-14)9-17-20(18,19)13-4-3-11(8-16)7-12(13)15/h3-4,7,10,17H,5-6,8-9,16H2,1-2H3. The van der Waals surface area contributed by atoms with Crippen molar-refractivity contribution in [2.45, 2.75) is 38.1 Å². The van der Waals surface area contributed by atoms with Gasteiger partial charge in [0.25, 0.3) is 0 Å². The van der Waals surface area contributed by atoms with E-state index < -0.39 is 15.8 Å². The second-order valence-corrected chi connectivity index (χ2v) is 7.55. The van der Waals surface area contributed by atoms with Gasteiger partial charge in [-0.3, -0.25) is 0 Å². The van der Waals surface area contributed by atoms with Crippen LogP contribution in [0.25, 0.3) is 0 Å². The molecule has 3 N–H and O–H groups in total. The molecule has 4 nitrogen and oxygen atoms in total. The molecule has 1 aromatic rings. The van der Waals surface area contributed by atoms with Crippen molar-refractivity contribution >= 4 is 10.0 Å². The lowest BCUT2D eigenvalue weighted by Gasteiger charge is -2.20. The molecule has 0 spiro atoms. The van der Waals surface area contributed by atoms with E-state index in [2.05, 4.69) is 18.6 Å². The predicted octanol–water partition coefficient (Wildman–Crippen LogP) is 2.00. The summed E-state index contributed by atoms with van der Waals surface area (Å²) in [6, 6.07) is 3.98. The Labute approximate surface area is 119 Å². The minimum atomic E-state index is -3.81. The van der Waals surface area contributed by atoms with Crippen molar-refractivity contribution in [2.75, 3.05) is 6.54 Å². The highest BCUT2D eigenvalue weighted by molar-refractivity contribution is 7.89. The van der Waals surface area contributed by atoms with Crippen molar-refractivity contribution in [2.24, 2.45) is 17.1 Å². The summed E-state index contributed by atoms with van der Waals surface area (Å²) in [5, 5.41) is 0. The van der Waals surface area contributed by atoms with Crippen molar-refractivity contribution < 1.29 is 12.8 Å². The van der Waals surface area contributed by atoms with E-state index >= 15 is 0 Å². The van der Waals surface area contributed by atoms with E-state index in [-0.39, 0.29) is 16.9 Å². The first-order valence-electron chi connectivity index (χ1n) is 6.79. The third-order valence-corrected chi connectivity index (χ3v) is 5.69. The van der Waals surface area contributed by atoms with Gasteiger partial charge in [0.15, 0.2) is 0 Å². The molecule has 0 aliphatic heterocycles. The van der Waals surface area contributed by atoms with Crippen LogP contribution >= 0.6 is 0 Å². The summed E-state index contributed by atoms with van der Waals surface area (Å²) >= 11 is 0. The first-order valence-corrected chi connectivity index (χ1v) is 8.27. The van der Waals surface area contributed by atoms with Crippen LogP contribution in [0.3, 0.4) is 0 Å². The molecule has 0 unspecified atom stereocenters. The largest absolute Gasteiger partial charge is 0.326 e. The van der Waals surface area contributed by atoms with Crippen LogP contribution in [-0.4, -0.2) is 15.0 Å². The Bertz CT molecular complexity index is 595. The van der Waals surface area contributed by atoms with Crippen LogP contribution in [0.4, 0.5) is 4.39 Å². The van der Waals surface area contributed by atoms with Crippen LogP contribution in [0.2, 0.25) is 0 Å². The Balaban J connectivity index is 2.15. The van der Waals surface area contributed by atoms with Crippen LogP contribution in [0.5, 0.6) is 0 Å². The number of hydrogen-bond donors (Lipinski definition) is 2. The zero-order chi connectivity index (χ0) is 15.0. The fourth-order valence-corrected chi connectivity index (χ4v) is 3.52. The molecular weight excluding hydrogens is 279 g/mol. The number of halogens is 1. The number of hydrogen-bond acceptors (Lipinski definition) is 3. The highest BCUT2D eigenvalue weighted by Gasteiger charge is 2.45. The Morgan fingerprint density at radius 3 is 2.50 bits per heavy atom. The summed E-state index contributed by atoms with van der Waals surface area (Å²) in [5.74, 6) is -0.343. The highest BCUT2D eigenvalue weighted by Crippen LogP contribution is 2.51. The van der Waals surface area contributed by atoms with Crippen LogP contribution in [-0.2, 0) is 16.6 Å². The maximum absolute atomic E-state index is 13.9. The third-order valence-electron chi connectivity index (χ3n) is 4.25. The Kier molecular flexibility index (Phi) is 4.18. The van der Waals surface area contributed by atoms with Gasteiger partial charge in [0, 0.05) is 13.1 Å². The van der Waals surface area contributed by atoms with Gasteiger partial charge >= 0.3 is 0 Å². The van der Waals surface area contributed by atoms with Gasteiger partial charge < -0.3 is 5.73 Å². The summed E-state index contributed by atoms with van der Waals surface area (Å²) in [5.41, 5.74) is 6.02. The van der Waals surface area contributed by atoms with Crippen molar-refractivity contribution in [1.29, 1.82) is 0 Å². The number of sulfonamides is 1. The molecule has 0 aromatic heterocycles. The van der Waals surface area contributed by atoms with Gasteiger partial charge in [-0.25, -0.2) is 17.5 Å². The summed E-state index contributed by atoms with van der Waals surface area (Å²) < 4.78 is 40.7. The van der Waals surface area contributed by atoms with Gasteiger partial charge in [0.05, 0.1) is 0 Å². The number of nitrogens with one attached hydrogen (secondary N) is 1. The van der Waals surface area contributed by atoms with Gasteiger partial charge in [0.2, 0.25) is 10.0 Å². The maximum Gasteiger partial charge on any atom is 0.243 e. The van der Waals surface area contributed by atoms with E-state index in [9.17, 15) is 12.8 Å². The molecule has 1 aromatic carbocycles. The summed E-state index contributed by atoms with van der Waals surface area (Å²) in [4.78, 5) is -0.311. The number of rotatable bonds is 6. The lowest BCUT2D eigenvalue weighted by atomic mass is 9.93. The van der Waals surface area contributed by atoms with E-state index in [0.29, 0.717) is 18.0 Å². The van der Waals surface area contributed by atoms with E-state index in [0.717, 1.165) is 12.8 Å². The fourth-order valence-electron chi connectivity index (χ4n) is 2.32. The predicted molar refractivity (Wildman–Crippen MR) is 76.0 cm³/mol. The molecule has 0 bridgehead atoms. The molecule has 20 heavy (non-hydrogen) atoms. The molecule has 0 saturated heterocycles. The van der Waals surface area contributed by atoms with Crippen LogP contribution < -0.4 is 10.5 Å². The fraction of sp³-hybridized carbons (Fsp3) is 0.571. The van der Waals surface area contributed by atoms with Gasteiger partial charge in [-0.05, 0) is 41.9 Å². The Hall–Kier alpha value is -0.980. The second-order valence-electron chi connectivity index (χ2n) is 5.81. The van der Waals surface area contributed by atoms with Crippen LogP contribution in [0.1, 0.15) is 32.3 Å². The molecule has 112 valence electrons. The minimum absolute atomic E-state index is 0.0424. The Morgan fingerprint density at radius 2 is 2.05 bits per heavy atom. The monoisotopic (exact) mass is 300 g/mol. The molecule has 1 aliphatic rings. The summed E-state index contributed by atoms with van der Waals surface area (Å²) in [6.45, 7) is 4.71. The average Bonchev–Trinajstić information content (AvgIpc) is 3.17. The first-order chi connectivity index (χ1) is 9.31. The molecule has 6 heteroatoms. The third kappa shape index (κ3) is 3.02. The quantitative estimate of drug-likeness (QED) is 0.844. The molecule has 0 atom stereocenters. The van der Waals surface area contributed by atoms with Crippen molar-refractivity contribution in [3.05, 3.63) is 29.6 Å². The first kappa shape index (κ1) is 15.4. The molecule has 0 heterocycles. The van der Waals surface area contributed by atoms with Crippen molar-refractivity contribution in [1.82, 2.24) is 4.72 Å². The molecule has 1 fully saturated rings. The van der Waals surface area contributed by atoms with E-state index in [1.54, 1.807) is 0 Å². The number of benzene rings is 1. The Morgan fingerprint density at radius 1 is 1.40 bits per heavy atom. The smallest absolute Gasteiger partial charge is 0.243 e. The topological polar surface area (TPSA) is 72.2 Å². The SMILES string of the molecule is CC(C)C1(CNS(=O)(=O)c2ccc(CN)cc2F)CC1. The van der Waals surface area contributed by atoms with E-state index in [4.69, 9.17) is 5.73 Å². The van der Waals surface area contributed by atoms with Crippen LogP contribution in [0, 0.1) is 17.2 Å². The number of nitrogens with two attached hydrogens (primary N) is 1. The zero-order valence-electron chi connectivity index (χ0n) is 11.8.